The Morgan fingerprint density at radius 1 is 1.27 bits per heavy atom. The number of carbonyl (C=O) groups excluding carboxylic acids is 1. The van der Waals surface area contributed by atoms with Crippen LogP contribution < -0.4 is 0 Å². The third-order valence-corrected chi connectivity index (χ3v) is 2.32. The molecule has 0 aromatic carbocycles. The third kappa shape index (κ3) is 4.59. The summed E-state index contributed by atoms with van der Waals surface area (Å²) in [4.78, 5) is 8.95. The van der Waals surface area contributed by atoms with E-state index in [9.17, 15) is 0 Å². The average molecular weight is 220 g/mol. The molecule has 5 nitrogen and oxygen atoms in total. The number of hydrogen-bond donors (Lipinski definition) is 0. The van der Waals surface area contributed by atoms with Gasteiger partial charge in [0, 0.05) is 33.7 Å². The summed E-state index contributed by atoms with van der Waals surface area (Å²) in [5.41, 5.74) is 0. The minimum absolute atomic E-state index is 0.333. The minimum atomic E-state index is -0.347. The second-order valence-electron chi connectivity index (χ2n) is 3.14. The van der Waals surface area contributed by atoms with E-state index in [4.69, 9.17) is 19.0 Å². The van der Waals surface area contributed by atoms with Crippen LogP contribution in [0.15, 0.2) is 0 Å². The highest BCUT2D eigenvalue weighted by molar-refractivity contribution is 5.36. The molecule has 90 valence electrons. The zero-order valence-electron chi connectivity index (χ0n) is 9.82. The highest BCUT2D eigenvalue weighted by atomic mass is 16.7. The molecule has 15 heavy (non-hydrogen) atoms. The maximum absolute atomic E-state index is 8.95. The van der Waals surface area contributed by atoms with Gasteiger partial charge in [-0.15, -0.1) is 0 Å². The van der Waals surface area contributed by atoms with Crippen LogP contribution in [0, 0.1) is 0 Å². The van der Waals surface area contributed by atoms with E-state index in [0.717, 1.165) is 19.4 Å². The average Bonchev–Trinajstić information content (AvgIpc) is 2.23. The summed E-state index contributed by atoms with van der Waals surface area (Å²) in [6.07, 6.45) is 2.04. The molecule has 0 unspecified atom stereocenters. The van der Waals surface area contributed by atoms with E-state index in [0.29, 0.717) is 12.6 Å². The summed E-state index contributed by atoms with van der Waals surface area (Å²) in [6.45, 7) is 3.15. The molecule has 1 fully saturated rings. The molecule has 0 aromatic rings. The first kappa shape index (κ1) is 14.3. The van der Waals surface area contributed by atoms with Crippen LogP contribution >= 0.6 is 0 Å². The highest BCUT2D eigenvalue weighted by Crippen LogP contribution is 2.37. The lowest BCUT2D eigenvalue weighted by molar-refractivity contribution is -0.288. The fourth-order valence-electron chi connectivity index (χ4n) is 1.40. The second kappa shape index (κ2) is 7.62. The second-order valence-corrected chi connectivity index (χ2v) is 3.14. The van der Waals surface area contributed by atoms with Gasteiger partial charge in [-0.1, -0.05) is 0 Å². The maximum Gasteiger partial charge on any atom is 0.292 e. The molecular weight excluding hydrogens is 200 g/mol. The van der Waals surface area contributed by atoms with E-state index in [-0.39, 0.29) is 5.79 Å². The van der Waals surface area contributed by atoms with Crippen molar-refractivity contribution in [1.29, 1.82) is 0 Å². The lowest BCUT2D eigenvalue weighted by Gasteiger charge is -2.44. The first-order chi connectivity index (χ1) is 7.17. The zero-order valence-corrected chi connectivity index (χ0v) is 9.82. The summed E-state index contributed by atoms with van der Waals surface area (Å²) < 4.78 is 19.6. The Morgan fingerprint density at radius 3 is 2.00 bits per heavy atom. The van der Waals surface area contributed by atoms with E-state index < -0.39 is 0 Å². The fraction of sp³-hybridized carbons (Fsp3) is 0.900. The van der Waals surface area contributed by atoms with Gasteiger partial charge in [0.2, 0.25) is 0 Å². The lowest BCUT2D eigenvalue weighted by atomic mass is 9.87. The molecule has 0 spiro atoms. The van der Waals surface area contributed by atoms with Crippen molar-refractivity contribution in [3.8, 4) is 0 Å². The van der Waals surface area contributed by atoms with Crippen LogP contribution in [0.2, 0.25) is 0 Å². The summed E-state index contributed by atoms with van der Waals surface area (Å²) in [5, 5.41) is 0. The van der Waals surface area contributed by atoms with Crippen molar-refractivity contribution >= 4 is 6.47 Å². The standard InChI is InChI=1S/C8H16O3.C2H4O2/c1-4-11-7-5-8(6-7,9-2)10-3;1-4-2-3/h7H,4-6H2,1-3H3;2H,1H3. The Labute approximate surface area is 90.6 Å². The summed E-state index contributed by atoms with van der Waals surface area (Å²) in [5.74, 6) is -0.347. The SMILES string of the molecule is CCOC1CC(OC)(OC)C1.COC=O. The van der Waals surface area contributed by atoms with Crippen molar-refractivity contribution < 1.29 is 23.7 Å². The quantitative estimate of drug-likeness (QED) is 0.510. The molecule has 1 aliphatic rings. The summed E-state index contributed by atoms with van der Waals surface area (Å²) >= 11 is 0. The monoisotopic (exact) mass is 220 g/mol. The maximum atomic E-state index is 8.95. The predicted molar refractivity (Wildman–Crippen MR) is 54.5 cm³/mol. The Kier molecular flexibility index (Phi) is 7.29. The number of carbonyl (C=O) groups is 1. The predicted octanol–water partition coefficient (Wildman–Crippen LogP) is 0.964. The zero-order chi connectivity index (χ0) is 11.7. The molecule has 1 aliphatic carbocycles. The number of hydrogen-bond acceptors (Lipinski definition) is 5. The third-order valence-electron chi connectivity index (χ3n) is 2.32. The van der Waals surface area contributed by atoms with Crippen molar-refractivity contribution in [3.63, 3.8) is 0 Å². The van der Waals surface area contributed by atoms with Gasteiger partial charge in [-0.05, 0) is 6.92 Å². The Bertz CT molecular complexity index is 159. The largest absolute Gasteiger partial charge is 0.471 e. The van der Waals surface area contributed by atoms with E-state index >= 15 is 0 Å². The fourth-order valence-corrected chi connectivity index (χ4v) is 1.40. The number of rotatable bonds is 5. The molecule has 5 heteroatoms. The molecule has 0 radical (unpaired) electrons. The molecule has 0 heterocycles. The van der Waals surface area contributed by atoms with E-state index in [2.05, 4.69) is 4.74 Å². The molecule has 0 amide bonds. The molecular formula is C10H20O5. The molecule has 0 bridgehead atoms. The number of ether oxygens (including phenoxy) is 4. The number of methoxy groups -OCH3 is 3. The van der Waals surface area contributed by atoms with Crippen LogP contribution in [0.5, 0.6) is 0 Å². The van der Waals surface area contributed by atoms with Gasteiger partial charge in [-0.25, -0.2) is 0 Å². The van der Waals surface area contributed by atoms with Gasteiger partial charge < -0.3 is 18.9 Å². The summed E-state index contributed by atoms with van der Waals surface area (Å²) in [7, 11) is 4.66. The Hall–Kier alpha value is -0.650. The van der Waals surface area contributed by atoms with Crippen molar-refractivity contribution in [2.75, 3.05) is 27.9 Å². The van der Waals surface area contributed by atoms with Crippen LogP contribution in [-0.4, -0.2) is 46.3 Å². The molecule has 0 aliphatic heterocycles. The topological polar surface area (TPSA) is 54.0 Å². The Morgan fingerprint density at radius 2 is 1.73 bits per heavy atom. The lowest BCUT2D eigenvalue weighted by Crippen LogP contribution is -2.51. The first-order valence-electron chi connectivity index (χ1n) is 4.86. The van der Waals surface area contributed by atoms with E-state index in [1.54, 1.807) is 14.2 Å². The van der Waals surface area contributed by atoms with Crippen LogP contribution in [-0.2, 0) is 23.7 Å². The first-order valence-corrected chi connectivity index (χ1v) is 4.86. The van der Waals surface area contributed by atoms with E-state index in [1.807, 2.05) is 6.92 Å². The van der Waals surface area contributed by atoms with Crippen molar-refractivity contribution in [1.82, 2.24) is 0 Å². The van der Waals surface area contributed by atoms with Crippen LogP contribution in [0.3, 0.4) is 0 Å². The van der Waals surface area contributed by atoms with E-state index in [1.165, 1.54) is 7.11 Å². The highest BCUT2D eigenvalue weighted by Gasteiger charge is 2.45. The normalized spacial score (nSPS) is 18.4. The smallest absolute Gasteiger partial charge is 0.292 e. The summed E-state index contributed by atoms with van der Waals surface area (Å²) in [6, 6.07) is 0. The molecule has 0 aromatic heterocycles. The molecule has 0 N–H and O–H groups in total. The van der Waals surface area contributed by atoms with Gasteiger partial charge >= 0.3 is 0 Å². The molecule has 1 rings (SSSR count). The Balaban J connectivity index is 0.000000423. The molecule has 0 atom stereocenters. The van der Waals surface area contributed by atoms with Gasteiger partial charge in [0.25, 0.3) is 6.47 Å². The molecule has 0 saturated heterocycles. The van der Waals surface area contributed by atoms with Gasteiger partial charge in [-0.2, -0.15) is 0 Å². The van der Waals surface area contributed by atoms with Crippen molar-refractivity contribution in [2.45, 2.75) is 31.7 Å². The minimum Gasteiger partial charge on any atom is -0.471 e. The van der Waals surface area contributed by atoms with Crippen molar-refractivity contribution in [3.05, 3.63) is 0 Å². The molecule has 1 saturated carbocycles. The van der Waals surface area contributed by atoms with Gasteiger partial charge in [0.15, 0.2) is 5.79 Å². The van der Waals surface area contributed by atoms with Crippen LogP contribution in [0.1, 0.15) is 19.8 Å². The van der Waals surface area contributed by atoms with Crippen LogP contribution in [0.25, 0.3) is 0 Å². The van der Waals surface area contributed by atoms with Gasteiger partial charge in [0.05, 0.1) is 13.2 Å². The van der Waals surface area contributed by atoms with Crippen LogP contribution in [0.4, 0.5) is 0 Å². The van der Waals surface area contributed by atoms with Crippen molar-refractivity contribution in [2.24, 2.45) is 0 Å². The van der Waals surface area contributed by atoms with Gasteiger partial charge in [-0.3, -0.25) is 4.79 Å². The van der Waals surface area contributed by atoms with Gasteiger partial charge in [0.1, 0.15) is 0 Å².